The lowest BCUT2D eigenvalue weighted by Crippen LogP contribution is -2.28. The van der Waals surface area contributed by atoms with Crippen molar-refractivity contribution in [2.75, 3.05) is 6.61 Å². The van der Waals surface area contributed by atoms with E-state index in [0.29, 0.717) is 12.5 Å². The molecule has 0 fully saturated rings. The maximum Gasteiger partial charge on any atom is 0.302 e. The van der Waals surface area contributed by atoms with Gasteiger partial charge in [-0.25, -0.2) is 0 Å². The van der Waals surface area contributed by atoms with E-state index in [1.165, 1.54) is 18.1 Å². The Bertz CT molecular complexity index is 368. The van der Waals surface area contributed by atoms with Crippen molar-refractivity contribution in [3.05, 3.63) is 11.1 Å². The van der Waals surface area contributed by atoms with Gasteiger partial charge in [0.05, 0.1) is 12.7 Å². The van der Waals surface area contributed by atoms with E-state index in [-0.39, 0.29) is 17.5 Å². The summed E-state index contributed by atoms with van der Waals surface area (Å²) in [4.78, 5) is 10.7. The molecule has 1 aliphatic carbocycles. The van der Waals surface area contributed by atoms with Gasteiger partial charge in [0.2, 0.25) is 0 Å². The lowest BCUT2D eigenvalue weighted by molar-refractivity contribution is -0.141. The third-order valence-electron chi connectivity index (χ3n) is 4.64. The molecule has 0 aliphatic heterocycles. The maximum absolute atomic E-state index is 10.7. The number of aliphatic hydroxyl groups excluding tert-OH is 1. The fourth-order valence-corrected chi connectivity index (χ4v) is 3.07. The maximum atomic E-state index is 10.7. The van der Waals surface area contributed by atoms with E-state index in [2.05, 4.69) is 27.7 Å². The third-order valence-corrected chi connectivity index (χ3v) is 4.64. The van der Waals surface area contributed by atoms with Crippen molar-refractivity contribution < 1.29 is 14.6 Å². The summed E-state index contributed by atoms with van der Waals surface area (Å²) in [6, 6.07) is 0. The van der Waals surface area contributed by atoms with Gasteiger partial charge in [-0.3, -0.25) is 4.79 Å². The van der Waals surface area contributed by atoms with E-state index in [9.17, 15) is 9.90 Å². The fourth-order valence-electron chi connectivity index (χ4n) is 3.07. The van der Waals surface area contributed by atoms with Gasteiger partial charge in [0.25, 0.3) is 0 Å². The molecule has 1 N–H and O–H groups in total. The SMILES string of the molecule is CC(=O)OCCC(C)CCC1=C(C)C(O)CCC1(C)C. The normalized spacial score (nSPS) is 23.6. The highest BCUT2D eigenvalue weighted by atomic mass is 16.5. The van der Waals surface area contributed by atoms with Crippen LogP contribution in [0.3, 0.4) is 0 Å². The minimum Gasteiger partial charge on any atom is -0.466 e. The van der Waals surface area contributed by atoms with Crippen LogP contribution in [0.25, 0.3) is 0 Å². The first-order valence-electron chi connectivity index (χ1n) is 7.75. The molecule has 0 saturated carbocycles. The smallest absolute Gasteiger partial charge is 0.302 e. The van der Waals surface area contributed by atoms with Gasteiger partial charge < -0.3 is 9.84 Å². The molecule has 20 heavy (non-hydrogen) atoms. The first kappa shape index (κ1) is 17.2. The molecule has 1 rings (SSSR count). The van der Waals surface area contributed by atoms with Crippen LogP contribution < -0.4 is 0 Å². The summed E-state index contributed by atoms with van der Waals surface area (Å²) >= 11 is 0. The van der Waals surface area contributed by atoms with Gasteiger partial charge in [0, 0.05) is 6.92 Å². The standard InChI is InChI=1S/C17H30O3/c1-12(9-11-20-14(3)18)6-7-15-13(2)16(19)8-10-17(15,4)5/h12,16,19H,6-11H2,1-5H3. The zero-order valence-corrected chi connectivity index (χ0v) is 13.7. The van der Waals surface area contributed by atoms with Crippen molar-refractivity contribution >= 4 is 5.97 Å². The number of hydrogen-bond donors (Lipinski definition) is 1. The summed E-state index contributed by atoms with van der Waals surface area (Å²) < 4.78 is 4.99. The second kappa shape index (κ2) is 7.26. The van der Waals surface area contributed by atoms with Crippen molar-refractivity contribution in [2.24, 2.45) is 11.3 Å². The van der Waals surface area contributed by atoms with Crippen LogP contribution in [-0.4, -0.2) is 23.8 Å². The van der Waals surface area contributed by atoms with E-state index in [0.717, 1.165) is 32.1 Å². The lowest BCUT2D eigenvalue weighted by atomic mass is 9.70. The average molecular weight is 282 g/mol. The van der Waals surface area contributed by atoms with E-state index >= 15 is 0 Å². The van der Waals surface area contributed by atoms with Crippen LogP contribution in [0, 0.1) is 11.3 Å². The molecule has 0 radical (unpaired) electrons. The van der Waals surface area contributed by atoms with Crippen molar-refractivity contribution in [3.8, 4) is 0 Å². The Morgan fingerprint density at radius 1 is 1.45 bits per heavy atom. The summed E-state index contributed by atoms with van der Waals surface area (Å²) in [6.45, 7) is 10.8. The predicted octanol–water partition coefficient (Wildman–Crippen LogP) is 3.85. The molecule has 0 amide bonds. The molecule has 0 saturated heterocycles. The summed E-state index contributed by atoms with van der Waals surface area (Å²) in [6.07, 6.45) is 4.72. The second-order valence-electron chi connectivity index (χ2n) is 6.87. The monoisotopic (exact) mass is 282 g/mol. The highest BCUT2D eigenvalue weighted by molar-refractivity contribution is 5.65. The van der Waals surface area contributed by atoms with E-state index < -0.39 is 0 Å². The van der Waals surface area contributed by atoms with E-state index in [1.54, 1.807) is 0 Å². The third kappa shape index (κ3) is 4.93. The van der Waals surface area contributed by atoms with Gasteiger partial charge in [0.1, 0.15) is 0 Å². The van der Waals surface area contributed by atoms with Crippen LogP contribution in [0.15, 0.2) is 11.1 Å². The molecule has 0 spiro atoms. The van der Waals surface area contributed by atoms with Crippen LogP contribution in [0.1, 0.15) is 66.7 Å². The highest BCUT2D eigenvalue weighted by Gasteiger charge is 2.31. The zero-order chi connectivity index (χ0) is 15.3. The Morgan fingerprint density at radius 2 is 2.10 bits per heavy atom. The van der Waals surface area contributed by atoms with Crippen LogP contribution >= 0.6 is 0 Å². The van der Waals surface area contributed by atoms with Crippen molar-refractivity contribution in [2.45, 2.75) is 72.8 Å². The van der Waals surface area contributed by atoms with Gasteiger partial charge in [-0.1, -0.05) is 26.3 Å². The summed E-state index contributed by atoms with van der Waals surface area (Å²) in [5.41, 5.74) is 2.81. The van der Waals surface area contributed by atoms with Crippen molar-refractivity contribution in [1.82, 2.24) is 0 Å². The highest BCUT2D eigenvalue weighted by Crippen LogP contribution is 2.42. The first-order chi connectivity index (χ1) is 9.24. The Kier molecular flexibility index (Phi) is 6.25. The Hall–Kier alpha value is -0.830. The lowest BCUT2D eigenvalue weighted by Gasteiger charge is -2.37. The van der Waals surface area contributed by atoms with Crippen LogP contribution in [-0.2, 0) is 9.53 Å². The molecule has 3 nitrogen and oxygen atoms in total. The van der Waals surface area contributed by atoms with Crippen molar-refractivity contribution in [3.63, 3.8) is 0 Å². The minimum absolute atomic E-state index is 0.202. The van der Waals surface area contributed by atoms with Gasteiger partial charge in [-0.2, -0.15) is 0 Å². The minimum atomic E-state index is -0.255. The first-order valence-corrected chi connectivity index (χ1v) is 7.75. The fraction of sp³-hybridized carbons (Fsp3) is 0.824. The molecule has 0 bridgehead atoms. The van der Waals surface area contributed by atoms with Gasteiger partial charge in [-0.15, -0.1) is 0 Å². The summed E-state index contributed by atoms with van der Waals surface area (Å²) in [5, 5.41) is 10.0. The van der Waals surface area contributed by atoms with Crippen molar-refractivity contribution in [1.29, 1.82) is 0 Å². The Labute approximate surface area is 123 Å². The topological polar surface area (TPSA) is 46.5 Å². The Morgan fingerprint density at radius 3 is 2.70 bits per heavy atom. The second-order valence-corrected chi connectivity index (χ2v) is 6.87. The Balaban J connectivity index is 2.50. The molecule has 0 aromatic rings. The molecule has 0 aromatic carbocycles. The largest absolute Gasteiger partial charge is 0.466 e. The number of aliphatic hydroxyl groups is 1. The number of allylic oxidation sites excluding steroid dienone is 1. The molecule has 0 heterocycles. The van der Waals surface area contributed by atoms with Gasteiger partial charge in [-0.05, 0) is 55.9 Å². The quantitative estimate of drug-likeness (QED) is 0.594. The molecular formula is C17H30O3. The van der Waals surface area contributed by atoms with Gasteiger partial charge >= 0.3 is 5.97 Å². The average Bonchev–Trinajstić information content (AvgIpc) is 2.33. The molecule has 2 atom stereocenters. The number of rotatable bonds is 6. The molecule has 3 heteroatoms. The number of carbonyl (C=O) groups excluding carboxylic acids is 1. The zero-order valence-electron chi connectivity index (χ0n) is 13.7. The molecule has 0 aromatic heterocycles. The van der Waals surface area contributed by atoms with Crippen LogP contribution in [0.4, 0.5) is 0 Å². The molecule has 2 unspecified atom stereocenters. The van der Waals surface area contributed by atoms with Crippen LogP contribution in [0.5, 0.6) is 0 Å². The number of hydrogen-bond acceptors (Lipinski definition) is 3. The summed E-state index contributed by atoms with van der Waals surface area (Å²) in [7, 11) is 0. The van der Waals surface area contributed by atoms with E-state index in [1.807, 2.05) is 0 Å². The number of esters is 1. The van der Waals surface area contributed by atoms with Gasteiger partial charge in [0.15, 0.2) is 0 Å². The van der Waals surface area contributed by atoms with E-state index in [4.69, 9.17) is 4.74 Å². The number of carbonyl (C=O) groups is 1. The molecular weight excluding hydrogens is 252 g/mol. The van der Waals surface area contributed by atoms with Crippen LogP contribution in [0.2, 0.25) is 0 Å². The predicted molar refractivity (Wildman–Crippen MR) is 81.4 cm³/mol. The molecule has 116 valence electrons. The molecule has 1 aliphatic rings. The summed E-state index contributed by atoms with van der Waals surface area (Å²) in [5.74, 6) is 0.330. The number of ether oxygens (including phenoxy) is 1.